The number of rotatable bonds is 3. The molecule has 1 saturated carbocycles. The van der Waals surface area contributed by atoms with E-state index in [1.807, 2.05) is 0 Å². The molecule has 1 rings (SSSR count). The van der Waals surface area contributed by atoms with E-state index in [1.165, 1.54) is 19.3 Å². The highest BCUT2D eigenvalue weighted by Gasteiger charge is 2.16. The van der Waals surface area contributed by atoms with Gasteiger partial charge < -0.3 is 10.5 Å². The second-order valence-electron chi connectivity index (χ2n) is 2.21. The molecule has 0 unspecified atom stereocenters. The first kappa shape index (κ1) is 6.05. The van der Waals surface area contributed by atoms with E-state index in [2.05, 4.69) is 0 Å². The van der Waals surface area contributed by atoms with Crippen LogP contribution in [-0.2, 0) is 4.74 Å². The summed E-state index contributed by atoms with van der Waals surface area (Å²) in [6.07, 6.45) is 4.40. The summed E-state index contributed by atoms with van der Waals surface area (Å²) in [4.78, 5) is 0. The van der Waals surface area contributed by atoms with Crippen molar-refractivity contribution in [3.8, 4) is 0 Å². The molecule has 0 aromatic carbocycles. The van der Waals surface area contributed by atoms with Crippen molar-refractivity contribution < 1.29 is 4.74 Å². The molecule has 8 heavy (non-hydrogen) atoms. The lowest BCUT2D eigenvalue weighted by molar-refractivity contribution is 0.00685. The second kappa shape index (κ2) is 3.05. The van der Waals surface area contributed by atoms with Crippen molar-refractivity contribution in [2.24, 2.45) is 5.73 Å². The molecule has 2 N–H and O–H groups in total. The molecule has 0 aromatic rings. The van der Waals surface area contributed by atoms with Crippen LogP contribution in [-0.4, -0.2) is 19.3 Å². The molecule has 48 valence electrons. The predicted octanol–water partition coefficient (Wildman–Crippen LogP) is 0.514. The van der Waals surface area contributed by atoms with Crippen LogP contribution in [0.1, 0.15) is 19.3 Å². The summed E-state index contributed by atoms with van der Waals surface area (Å²) in [5.41, 5.74) is 5.23. The third-order valence-electron chi connectivity index (χ3n) is 1.52. The van der Waals surface area contributed by atoms with Crippen molar-refractivity contribution in [1.82, 2.24) is 0 Å². The summed E-state index contributed by atoms with van der Waals surface area (Å²) in [6, 6.07) is 0. The van der Waals surface area contributed by atoms with Gasteiger partial charge in [0, 0.05) is 6.54 Å². The predicted molar refractivity (Wildman–Crippen MR) is 32.6 cm³/mol. The molecule has 2 nitrogen and oxygen atoms in total. The van der Waals surface area contributed by atoms with Gasteiger partial charge in [-0.05, 0) is 19.3 Å². The molecular weight excluding hydrogens is 102 g/mol. The smallest absolute Gasteiger partial charge is 0.0592 e. The molecule has 2 heteroatoms. The van der Waals surface area contributed by atoms with Gasteiger partial charge in [-0.3, -0.25) is 0 Å². The maximum absolute atomic E-state index is 5.30. The molecule has 1 aliphatic rings. The lowest BCUT2D eigenvalue weighted by Crippen LogP contribution is -2.24. The largest absolute Gasteiger partial charge is 0.377 e. The lowest BCUT2D eigenvalue weighted by Gasteiger charge is -2.24. The molecule has 0 saturated heterocycles. The average Bonchev–Trinajstić information content (AvgIpc) is 1.63. The van der Waals surface area contributed by atoms with Crippen molar-refractivity contribution >= 4 is 0 Å². The van der Waals surface area contributed by atoms with Crippen molar-refractivity contribution in [2.45, 2.75) is 25.4 Å². The quantitative estimate of drug-likeness (QED) is 0.581. The summed E-state index contributed by atoms with van der Waals surface area (Å²) in [5.74, 6) is 0. The van der Waals surface area contributed by atoms with E-state index in [9.17, 15) is 0 Å². The molecule has 0 amide bonds. The zero-order valence-electron chi connectivity index (χ0n) is 5.10. The highest BCUT2D eigenvalue weighted by molar-refractivity contribution is 4.68. The van der Waals surface area contributed by atoms with E-state index in [0.29, 0.717) is 12.6 Å². The number of nitrogens with two attached hydrogens (primary N) is 1. The minimum Gasteiger partial charge on any atom is -0.377 e. The molecule has 0 aliphatic heterocycles. The van der Waals surface area contributed by atoms with Crippen molar-refractivity contribution in [3.05, 3.63) is 0 Å². The third-order valence-corrected chi connectivity index (χ3v) is 1.52. The van der Waals surface area contributed by atoms with E-state index in [0.717, 1.165) is 6.61 Å². The van der Waals surface area contributed by atoms with Gasteiger partial charge in [0.25, 0.3) is 0 Å². The van der Waals surface area contributed by atoms with Gasteiger partial charge >= 0.3 is 0 Å². The first-order chi connectivity index (χ1) is 3.93. The fraction of sp³-hybridized carbons (Fsp3) is 1.00. The Labute approximate surface area is 50.0 Å². The van der Waals surface area contributed by atoms with E-state index in [4.69, 9.17) is 10.5 Å². The van der Waals surface area contributed by atoms with Gasteiger partial charge in [0.1, 0.15) is 0 Å². The van der Waals surface area contributed by atoms with Gasteiger partial charge in [0.15, 0.2) is 0 Å². The summed E-state index contributed by atoms with van der Waals surface area (Å²) in [7, 11) is 0. The van der Waals surface area contributed by atoms with Gasteiger partial charge in [-0.25, -0.2) is 0 Å². The Balaban J connectivity index is 1.86. The van der Waals surface area contributed by atoms with E-state index in [1.54, 1.807) is 0 Å². The Morgan fingerprint density at radius 1 is 1.50 bits per heavy atom. The third kappa shape index (κ3) is 1.46. The first-order valence-corrected chi connectivity index (χ1v) is 3.25. The minimum atomic E-state index is 0.554. The van der Waals surface area contributed by atoms with E-state index >= 15 is 0 Å². The number of ether oxygens (including phenoxy) is 1. The van der Waals surface area contributed by atoms with Crippen molar-refractivity contribution in [2.75, 3.05) is 13.2 Å². The van der Waals surface area contributed by atoms with Crippen molar-refractivity contribution in [1.29, 1.82) is 0 Å². The van der Waals surface area contributed by atoms with Crippen LogP contribution in [0.15, 0.2) is 0 Å². The van der Waals surface area contributed by atoms with Gasteiger partial charge in [-0.15, -0.1) is 0 Å². The number of hydrogen-bond donors (Lipinski definition) is 1. The monoisotopic (exact) mass is 115 g/mol. The van der Waals surface area contributed by atoms with E-state index in [-0.39, 0.29) is 0 Å². The Kier molecular flexibility index (Phi) is 2.30. The van der Waals surface area contributed by atoms with Gasteiger partial charge in [0.05, 0.1) is 12.7 Å². The highest BCUT2D eigenvalue weighted by atomic mass is 16.5. The second-order valence-corrected chi connectivity index (χ2v) is 2.21. The summed E-state index contributed by atoms with van der Waals surface area (Å²) in [6.45, 7) is 1.40. The highest BCUT2D eigenvalue weighted by Crippen LogP contribution is 2.21. The lowest BCUT2D eigenvalue weighted by atomic mass is 9.96. The molecule has 0 bridgehead atoms. The average molecular weight is 115 g/mol. The Morgan fingerprint density at radius 3 is 2.62 bits per heavy atom. The SMILES string of the molecule is NCCOC1CCC1. The molecular formula is C6H13NO. The number of hydrogen-bond acceptors (Lipinski definition) is 2. The maximum Gasteiger partial charge on any atom is 0.0592 e. The molecule has 0 spiro atoms. The van der Waals surface area contributed by atoms with Crippen LogP contribution in [0.4, 0.5) is 0 Å². The fourth-order valence-electron chi connectivity index (χ4n) is 0.772. The minimum absolute atomic E-state index is 0.554. The Bertz CT molecular complexity index is 61.5. The normalized spacial score (nSPS) is 20.6. The van der Waals surface area contributed by atoms with Crippen LogP contribution in [0.25, 0.3) is 0 Å². The Hall–Kier alpha value is -0.0800. The van der Waals surface area contributed by atoms with Gasteiger partial charge in [-0.2, -0.15) is 0 Å². The maximum atomic E-state index is 5.30. The van der Waals surface area contributed by atoms with Gasteiger partial charge in [0.2, 0.25) is 0 Å². The fourth-order valence-corrected chi connectivity index (χ4v) is 0.772. The van der Waals surface area contributed by atoms with Crippen LogP contribution in [0, 0.1) is 0 Å². The van der Waals surface area contributed by atoms with Crippen LogP contribution < -0.4 is 5.73 Å². The molecule has 0 radical (unpaired) electrons. The molecule has 0 aromatic heterocycles. The summed E-state index contributed by atoms with van der Waals surface area (Å²) < 4.78 is 5.30. The molecule has 1 aliphatic carbocycles. The van der Waals surface area contributed by atoms with Crippen LogP contribution in [0.3, 0.4) is 0 Å². The van der Waals surface area contributed by atoms with Crippen LogP contribution in [0.2, 0.25) is 0 Å². The summed E-state index contributed by atoms with van der Waals surface area (Å²) >= 11 is 0. The molecule has 1 fully saturated rings. The first-order valence-electron chi connectivity index (χ1n) is 3.25. The Morgan fingerprint density at radius 2 is 2.25 bits per heavy atom. The topological polar surface area (TPSA) is 35.2 Å². The van der Waals surface area contributed by atoms with Gasteiger partial charge in [-0.1, -0.05) is 0 Å². The standard InChI is InChI=1S/C6H13NO/c7-4-5-8-6-2-1-3-6/h6H,1-5,7H2. The molecule has 0 heterocycles. The zero-order chi connectivity index (χ0) is 5.82. The van der Waals surface area contributed by atoms with Crippen molar-refractivity contribution in [3.63, 3.8) is 0 Å². The summed E-state index contributed by atoms with van der Waals surface area (Å²) in [5, 5.41) is 0. The molecule has 0 atom stereocenters. The van der Waals surface area contributed by atoms with Crippen LogP contribution >= 0.6 is 0 Å². The van der Waals surface area contributed by atoms with Crippen LogP contribution in [0.5, 0.6) is 0 Å². The van der Waals surface area contributed by atoms with E-state index < -0.39 is 0 Å². The zero-order valence-corrected chi connectivity index (χ0v) is 5.10.